The van der Waals surface area contributed by atoms with Crippen LogP contribution in [0.3, 0.4) is 0 Å². The quantitative estimate of drug-likeness (QED) is 0.597. The van der Waals surface area contributed by atoms with E-state index in [1.165, 1.54) is 43.2 Å². The number of benzene rings is 2. The minimum Gasteiger partial charge on any atom is -0.423 e. The van der Waals surface area contributed by atoms with E-state index in [0.29, 0.717) is 10.9 Å². The Balaban J connectivity index is 1.52. The molecule has 4 fully saturated rings. The van der Waals surface area contributed by atoms with Crippen molar-refractivity contribution in [3.8, 4) is 0 Å². The molecule has 144 valence electrons. The van der Waals surface area contributed by atoms with Crippen LogP contribution in [-0.4, -0.2) is 34.3 Å². The van der Waals surface area contributed by atoms with Crippen molar-refractivity contribution in [2.24, 2.45) is 11.8 Å². The lowest BCUT2D eigenvalue weighted by molar-refractivity contribution is -0.0281. The van der Waals surface area contributed by atoms with Gasteiger partial charge in [0.2, 0.25) is 0 Å². The van der Waals surface area contributed by atoms with Crippen LogP contribution in [-0.2, 0) is 10.8 Å². The molecule has 4 aliphatic rings. The second-order valence-corrected chi connectivity index (χ2v) is 9.51. The van der Waals surface area contributed by atoms with Gasteiger partial charge in [-0.05, 0) is 83.2 Å². The van der Waals surface area contributed by atoms with Crippen LogP contribution in [0.25, 0.3) is 0 Å². The summed E-state index contributed by atoms with van der Waals surface area (Å²) in [6.45, 7) is 0. The Kier molecular flexibility index (Phi) is 4.25. The van der Waals surface area contributed by atoms with Crippen LogP contribution in [0, 0.1) is 11.8 Å². The van der Waals surface area contributed by atoms with Crippen LogP contribution in [0.1, 0.15) is 49.7 Å². The molecule has 4 saturated carbocycles. The minimum atomic E-state index is -1.42. The predicted octanol–water partition coefficient (Wildman–Crippen LogP) is 0.836. The van der Waals surface area contributed by atoms with E-state index in [-0.39, 0.29) is 10.8 Å². The Labute approximate surface area is 166 Å². The van der Waals surface area contributed by atoms with Gasteiger partial charge in [0.15, 0.2) is 0 Å². The summed E-state index contributed by atoms with van der Waals surface area (Å²) in [5.74, 6) is 1.46. The zero-order valence-electron chi connectivity index (χ0n) is 16.0. The zero-order chi connectivity index (χ0) is 19.5. The van der Waals surface area contributed by atoms with Crippen molar-refractivity contribution in [2.45, 2.75) is 49.4 Å². The van der Waals surface area contributed by atoms with Crippen LogP contribution in [0.5, 0.6) is 0 Å². The van der Waals surface area contributed by atoms with E-state index in [0.717, 1.165) is 18.3 Å². The SMILES string of the molecule is OB(O)c1ccc(C23CC4CC(C2)CC(c2ccc(B(O)O)cc2)(C4)C3)cc1. The predicted molar refractivity (Wildman–Crippen MR) is 111 cm³/mol. The first-order chi connectivity index (χ1) is 13.4. The maximum atomic E-state index is 9.42. The van der Waals surface area contributed by atoms with Crippen molar-refractivity contribution in [3.05, 3.63) is 59.7 Å². The van der Waals surface area contributed by atoms with Gasteiger partial charge in [0.25, 0.3) is 0 Å². The van der Waals surface area contributed by atoms with Gasteiger partial charge in [0.1, 0.15) is 0 Å². The van der Waals surface area contributed by atoms with Crippen LogP contribution >= 0.6 is 0 Å². The molecular formula is C22H26B2O4. The highest BCUT2D eigenvalue weighted by Crippen LogP contribution is 2.66. The van der Waals surface area contributed by atoms with Crippen molar-refractivity contribution in [2.75, 3.05) is 0 Å². The van der Waals surface area contributed by atoms with Crippen molar-refractivity contribution < 1.29 is 20.1 Å². The molecule has 4 aliphatic carbocycles. The molecule has 0 aliphatic heterocycles. The van der Waals surface area contributed by atoms with Gasteiger partial charge >= 0.3 is 14.2 Å². The van der Waals surface area contributed by atoms with Gasteiger partial charge in [-0.3, -0.25) is 0 Å². The van der Waals surface area contributed by atoms with Gasteiger partial charge in [-0.15, -0.1) is 0 Å². The highest BCUT2D eigenvalue weighted by Gasteiger charge is 2.58. The lowest BCUT2D eigenvalue weighted by Crippen LogP contribution is -2.56. The van der Waals surface area contributed by atoms with Crippen LogP contribution in [0.2, 0.25) is 0 Å². The molecule has 0 heterocycles. The maximum absolute atomic E-state index is 9.42. The summed E-state index contributed by atoms with van der Waals surface area (Å²) in [6, 6.07) is 15.8. The summed E-state index contributed by atoms with van der Waals surface area (Å²) in [7, 11) is -2.84. The topological polar surface area (TPSA) is 80.9 Å². The molecule has 0 saturated heterocycles. The van der Waals surface area contributed by atoms with E-state index in [4.69, 9.17) is 0 Å². The molecule has 0 spiro atoms. The Bertz CT molecular complexity index is 780. The molecule has 4 nitrogen and oxygen atoms in total. The molecule has 0 amide bonds. The van der Waals surface area contributed by atoms with Crippen molar-refractivity contribution >= 4 is 25.2 Å². The second kappa shape index (κ2) is 6.46. The third-order valence-corrected chi connectivity index (χ3v) is 7.70. The average molecular weight is 376 g/mol. The fourth-order valence-corrected chi connectivity index (χ4v) is 6.96. The second-order valence-electron chi connectivity index (χ2n) is 9.51. The molecule has 2 aromatic carbocycles. The normalized spacial score (nSPS) is 33.1. The molecule has 0 radical (unpaired) electrons. The smallest absolute Gasteiger partial charge is 0.423 e. The van der Waals surface area contributed by atoms with Gasteiger partial charge in [-0.2, -0.15) is 0 Å². The van der Waals surface area contributed by atoms with E-state index < -0.39 is 14.2 Å². The summed E-state index contributed by atoms with van der Waals surface area (Å²) >= 11 is 0. The average Bonchev–Trinajstić information content (AvgIpc) is 2.67. The Hall–Kier alpha value is -1.59. The molecule has 28 heavy (non-hydrogen) atoms. The fourth-order valence-electron chi connectivity index (χ4n) is 6.96. The van der Waals surface area contributed by atoms with Crippen LogP contribution in [0.15, 0.2) is 48.5 Å². The maximum Gasteiger partial charge on any atom is 0.488 e. The first-order valence-corrected chi connectivity index (χ1v) is 10.3. The summed E-state index contributed by atoms with van der Waals surface area (Å²) in [6.07, 6.45) is 7.33. The van der Waals surface area contributed by atoms with Gasteiger partial charge in [0.05, 0.1) is 0 Å². The van der Waals surface area contributed by atoms with Crippen molar-refractivity contribution in [1.82, 2.24) is 0 Å². The molecule has 4 N–H and O–H groups in total. The van der Waals surface area contributed by atoms with Gasteiger partial charge in [-0.1, -0.05) is 48.5 Å². The van der Waals surface area contributed by atoms with E-state index in [2.05, 4.69) is 24.3 Å². The first kappa shape index (κ1) is 18.4. The van der Waals surface area contributed by atoms with E-state index in [1.807, 2.05) is 24.3 Å². The molecule has 6 rings (SSSR count). The van der Waals surface area contributed by atoms with E-state index >= 15 is 0 Å². The third kappa shape index (κ3) is 2.86. The highest BCUT2D eigenvalue weighted by atomic mass is 16.4. The molecule has 0 aromatic heterocycles. The molecule has 0 unspecified atom stereocenters. The Morgan fingerprint density at radius 3 is 1.29 bits per heavy atom. The first-order valence-electron chi connectivity index (χ1n) is 10.3. The zero-order valence-corrected chi connectivity index (χ0v) is 16.0. The number of hydrogen-bond acceptors (Lipinski definition) is 4. The number of hydrogen-bond donors (Lipinski definition) is 4. The van der Waals surface area contributed by atoms with E-state index in [1.54, 1.807) is 0 Å². The van der Waals surface area contributed by atoms with Gasteiger partial charge < -0.3 is 20.1 Å². The molecular weight excluding hydrogens is 350 g/mol. The Morgan fingerprint density at radius 2 is 0.964 bits per heavy atom. The minimum absolute atomic E-state index is 0.165. The van der Waals surface area contributed by atoms with Crippen molar-refractivity contribution in [3.63, 3.8) is 0 Å². The third-order valence-electron chi connectivity index (χ3n) is 7.70. The number of rotatable bonds is 4. The fraction of sp³-hybridized carbons (Fsp3) is 0.455. The van der Waals surface area contributed by atoms with Gasteiger partial charge in [-0.25, -0.2) is 0 Å². The summed E-state index contributed by atoms with van der Waals surface area (Å²) < 4.78 is 0. The summed E-state index contributed by atoms with van der Waals surface area (Å²) in [5, 5.41) is 37.7. The molecule has 6 heteroatoms. The highest BCUT2D eigenvalue weighted by molar-refractivity contribution is 6.58. The summed E-state index contributed by atoms with van der Waals surface area (Å²) in [5.41, 5.74) is 4.08. The lowest BCUT2D eigenvalue weighted by atomic mass is 9.41. The van der Waals surface area contributed by atoms with Crippen molar-refractivity contribution in [1.29, 1.82) is 0 Å². The Morgan fingerprint density at radius 1 is 0.607 bits per heavy atom. The monoisotopic (exact) mass is 376 g/mol. The standard InChI is InChI=1S/C22H26B2O4/c25-23(26)19-5-1-17(2-6-19)21-10-15-9-16(11-21)13-22(12-15,14-21)18-3-7-20(8-4-18)24(27)28/h1-8,15-16,25-28H,9-14H2. The molecule has 0 atom stereocenters. The van der Waals surface area contributed by atoms with Crippen LogP contribution in [0.4, 0.5) is 0 Å². The van der Waals surface area contributed by atoms with Crippen LogP contribution < -0.4 is 10.9 Å². The molecule has 2 aromatic rings. The van der Waals surface area contributed by atoms with Gasteiger partial charge in [0, 0.05) is 0 Å². The molecule has 4 bridgehead atoms. The summed E-state index contributed by atoms with van der Waals surface area (Å²) in [4.78, 5) is 0. The lowest BCUT2D eigenvalue weighted by Gasteiger charge is -2.63. The van der Waals surface area contributed by atoms with E-state index in [9.17, 15) is 20.1 Å². The largest absolute Gasteiger partial charge is 0.488 e.